The molecule has 10 heteroatoms. The van der Waals surface area contributed by atoms with Crippen molar-refractivity contribution in [2.24, 2.45) is 5.41 Å². The first-order chi connectivity index (χ1) is 17.2. The van der Waals surface area contributed by atoms with Crippen LogP contribution >= 0.6 is 0 Å². The summed E-state index contributed by atoms with van der Waals surface area (Å²) in [5.74, 6) is 2.38. The Bertz CT molecular complexity index is 1260. The van der Waals surface area contributed by atoms with Crippen LogP contribution in [0.4, 0.5) is 27.8 Å². The number of rotatable bonds is 6. The van der Waals surface area contributed by atoms with Crippen LogP contribution in [-0.2, 0) is 0 Å². The quantitative estimate of drug-likeness (QED) is 0.474. The Morgan fingerprint density at radius 3 is 2.67 bits per heavy atom. The highest BCUT2D eigenvalue weighted by Crippen LogP contribution is 2.36. The molecule has 0 spiro atoms. The number of fused-ring (bicyclic) bond motifs is 1. The Labute approximate surface area is 210 Å². The van der Waals surface area contributed by atoms with Crippen LogP contribution in [0.1, 0.15) is 45.6 Å². The van der Waals surface area contributed by atoms with Crippen molar-refractivity contribution < 1.29 is 14.6 Å². The molecule has 5 heterocycles. The molecule has 0 aromatic carbocycles. The molecule has 192 valence electrons. The minimum Gasteiger partial charge on any atom is -0.396 e. The largest absolute Gasteiger partial charge is 0.396 e. The molecule has 0 amide bonds. The van der Waals surface area contributed by atoms with Crippen molar-refractivity contribution in [3.63, 3.8) is 0 Å². The zero-order chi connectivity index (χ0) is 25.6. The van der Waals surface area contributed by atoms with Crippen molar-refractivity contribution in [1.29, 1.82) is 0 Å². The van der Waals surface area contributed by atoms with E-state index in [-0.39, 0.29) is 19.1 Å². The molecule has 5 rings (SSSR count). The monoisotopic (exact) mass is 495 g/mol. The lowest BCUT2D eigenvalue weighted by atomic mass is 9.80. The van der Waals surface area contributed by atoms with Gasteiger partial charge in [0.2, 0.25) is 5.95 Å². The fourth-order valence-corrected chi connectivity index (χ4v) is 5.07. The summed E-state index contributed by atoms with van der Waals surface area (Å²) >= 11 is 0. The van der Waals surface area contributed by atoms with Gasteiger partial charge in [-0.25, -0.2) is 19.3 Å². The van der Waals surface area contributed by atoms with Crippen LogP contribution in [0, 0.1) is 5.41 Å². The van der Waals surface area contributed by atoms with Gasteiger partial charge in [-0.2, -0.15) is 4.98 Å². The maximum atomic E-state index is 14.5. The molecular weight excluding hydrogens is 461 g/mol. The molecule has 0 saturated carbocycles. The molecule has 0 bridgehead atoms. The summed E-state index contributed by atoms with van der Waals surface area (Å²) < 4.78 is 14.5. The van der Waals surface area contributed by atoms with Gasteiger partial charge in [0.25, 0.3) is 0 Å². The van der Waals surface area contributed by atoms with Gasteiger partial charge in [-0.3, -0.25) is 0 Å². The van der Waals surface area contributed by atoms with E-state index in [0.717, 1.165) is 35.1 Å². The van der Waals surface area contributed by atoms with Crippen molar-refractivity contribution >= 4 is 34.2 Å². The second-order valence-corrected chi connectivity index (χ2v) is 10.8. The van der Waals surface area contributed by atoms with E-state index in [4.69, 9.17) is 4.98 Å². The van der Waals surface area contributed by atoms with Gasteiger partial charge in [-0.05, 0) is 36.4 Å². The van der Waals surface area contributed by atoms with Crippen LogP contribution in [0.5, 0.6) is 0 Å². The number of anilines is 4. The number of halogens is 1. The Kier molecular flexibility index (Phi) is 6.42. The Hall–Kier alpha value is -3.11. The minimum atomic E-state index is -1.38. The summed E-state index contributed by atoms with van der Waals surface area (Å²) in [7, 11) is 0. The van der Waals surface area contributed by atoms with E-state index >= 15 is 0 Å². The first kappa shape index (κ1) is 24.6. The van der Waals surface area contributed by atoms with Gasteiger partial charge in [0.05, 0.1) is 12.6 Å². The van der Waals surface area contributed by atoms with Crippen LogP contribution in [0.15, 0.2) is 30.7 Å². The second-order valence-electron chi connectivity index (χ2n) is 10.8. The number of aliphatic hydroxyl groups is 2. The molecule has 2 fully saturated rings. The number of nitrogens with one attached hydrogen (secondary N) is 1. The lowest BCUT2D eigenvalue weighted by Gasteiger charge is -2.43. The van der Waals surface area contributed by atoms with E-state index in [0.29, 0.717) is 30.2 Å². The number of aliphatic hydroxyl groups excluding tert-OH is 2. The standard InChI is InChI=1S/C26H34FN7O2/c1-15(13-35)18-10-30-24(34-8-6-16(34)2)19-11-29-22(9-17(18)19)31-21-5-7-28-25(32-21)33-12-20(27)23(36)26(3,4)14-33/h5,7,9-11,15-16,20,23,35-36H,6,8,12-14H2,1-4H3,(H,28,29,31,32)/t15-,16+,20-,23-/m0/s1. The first-order valence-corrected chi connectivity index (χ1v) is 12.5. The van der Waals surface area contributed by atoms with E-state index in [2.05, 4.69) is 32.1 Å². The molecule has 9 nitrogen and oxygen atoms in total. The predicted molar refractivity (Wildman–Crippen MR) is 139 cm³/mol. The number of alkyl halides is 1. The smallest absolute Gasteiger partial charge is 0.227 e. The van der Waals surface area contributed by atoms with Crippen LogP contribution in [-0.4, -0.2) is 74.7 Å². The third-order valence-electron chi connectivity index (χ3n) is 7.50. The SMILES string of the molecule is C[C@@H]1CCN1c1ncc([C@@H](C)CO)c2cc(Nc3ccnc(N4C[C@H](F)[C@H](O)C(C)(C)C4)n3)ncc12. The molecule has 36 heavy (non-hydrogen) atoms. The van der Waals surface area contributed by atoms with Gasteiger partial charge >= 0.3 is 0 Å². The molecule has 0 radical (unpaired) electrons. The van der Waals surface area contributed by atoms with E-state index in [1.807, 2.05) is 39.2 Å². The van der Waals surface area contributed by atoms with Gasteiger partial charge < -0.3 is 25.3 Å². The van der Waals surface area contributed by atoms with Crippen molar-refractivity contribution in [2.75, 3.05) is 41.4 Å². The molecule has 2 saturated heterocycles. The summed E-state index contributed by atoms with van der Waals surface area (Å²) in [6.07, 6.45) is 4.05. The summed E-state index contributed by atoms with van der Waals surface area (Å²) in [6.45, 7) is 9.31. The van der Waals surface area contributed by atoms with Crippen LogP contribution in [0.25, 0.3) is 10.8 Å². The van der Waals surface area contributed by atoms with Crippen molar-refractivity contribution in [3.8, 4) is 0 Å². The van der Waals surface area contributed by atoms with E-state index < -0.39 is 17.7 Å². The molecule has 3 aromatic heterocycles. The van der Waals surface area contributed by atoms with Gasteiger partial charge in [0, 0.05) is 61.0 Å². The zero-order valence-corrected chi connectivity index (χ0v) is 21.2. The van der Waals surface area contributed by atoms with Gasteiger partial charge in [0.15, 0.2) is 0 Å². The summed E-state index contributed by atoms with van der Waals surface area (Å²) in [4.78, 5) is 22.4. The van der Waals surface area contributed by atoms with Crippen LogP contribution in [0.3, 0.4) is 0 Å². The minimum absolute atomic E-state index is 0.0209. The third kappa shape index (κ3) is 4.43. The highest BCUT2D eigenvalue weighted by atomic mass is 19.1. The van der Waals surface area contributed by atoms with E-state index in [1.165, 1.54) is 0 Å². The Morgan fingerprint density at radius 1 is 1.19 bits per heavy atom. The predicted octanol–water partition coefficient (Wildman–Crippen LogP) is 3.40. The maximum absolute atomic E-state index is 14.5. The van der Waals surface area contributed by atoms with Gasteiger partial charge in [-0.1, -0.05) is 20.8 Å². The molecule has 0 unspecified atom stereocenters. The number of hydrogen-bond acceptors (Lipinski definition) is 9. The number of piperidine rings is 1. The average Bonchev–Trinajstić information content (AvgIpc) is 2.85. The molecular formula is C26H34FN7O2. The Morgan fingerprint density at radius 2 is 2.00 bits per heavy atom. The fourth-order valence-electron chi connectivity index (χ4n) is 5.07. The lowest BCUT2D eigenvalue weighted by molar-refractivity contribution is -0.0257. The molecule has 3 aromatic rings. The molecule has 4 atom stereocenters. The van der Waals surface area contributed by atoms with Crippen molar-refractivity contribution in [1.82, 2.24) is 19.9 Å². The fraction of sp³-hybridized carbons (Fsp3) is 0.538. The van der Waals surface area contributed by atoms with Crippen LogP contribution < -0.4 is 15.1 Å². The zero-order valence-electron chi connectivity index (χ0n) is 21.2. The topological polar surface area (TPSA) is 111 Å². The normalized spacial score (nSPS) is 24.5. The Balaban J connectivity index is 1.46. The van der Waals surface area contributed by atoms with E-state index in [9.17, 15) is 14.6 Å². The summed E-state index contributed by atoms with van der Waals surface area (Å²) in [5.41, 5.74) is 0.338. The number of aromatic nitrogens is 4. The van der Waals surface area contributed by atoms with Crippen molar-refractivity contribution in [2.45, 2.75) is 58.4 Å². The highest BCUT2D eigenvalue weighted by Gasteiger charge is 2.42. The summed E-state index contributed by atoms with van der Waals surface area (Å²) in [6, 6.07) is 4.14. The molecule has 0 aliphatic carbocycles. The lowest BCUT2D eigenvalue weighted by Crippen LogP contribution is -2.55. The molecule has 3 N–H and O–H groups in total. The van der Waals surface area contributed by atoms with Gasteiger partial charge in [-0.15, -0.1) is 0 Å². The number of nitrogens with zero attached hydrogens (tertiary/aromatic N) is 6. The molecule has 2 aliphatic rings. The third-order valence-corrected chi connectivity index (χ3v) is 7.50. The average molecular weight is 496 g/mol. The van der Waals surface area contributed by atoms with Crippen LogP contribution in [0.2, 0.25) is 0 Å². The van der Waals surface area contributed by atoms with Crippen molar-refractivity contribution in [3.05, 3.63) is 36.3 Å². The first-order valence-electron chi connectivity index (χ1n) is 12.5. The van der Waals surface area contributed by atoms with E-state index in [1.54, 1.807) is 17.2 Å². The second kappa shape index (κ2) is 9.40. The summed E-state index contributed by atoms with van der Waals surface area (Å²) in [5, 5.41) is 25.2. The van der Waals surface area contributed by atoms with Gasteiger partial charge in [0.1, 0.15) is 23.6 Å². The molecule has 2 aliphatic heterocycles. The maximum Gasteiger partial charge on any atom is 0.227 e. The number of pyridine rings is 2. The number of hydrogen-bond donors (Lipinski definition) is 3. The highest BCUT2D eigenvalue weighted by molar-refractivity contribution is 5.96.